The third-order valence-electron chi connectivity index (χ3n) is 4.78. The van der Waals surface area contributed by atoms with E-state index in [4.69, 9.17) is 5.11 Å². The van der Waals surface area contributed by atoms with E-state index in [9.17, 15) is 9.59 Å². The summed E-state index contributed by atoms with van der Waals surface area (Å²) in [6.07, 6.45) is 5.81. The summed E-state index contributed by atoms with van der Waals surface area (Å²) in [6, 6.07) is -0.128. The van der Waals surface area contributed by atoms with Crippen LogP contribution in [0, 0.1) is 23.7 Å². The fourth-order valence-electron chi connectivity index (χ4n) is 3.66. The van der Waals surface area contributed by atoms with Gasteiger partial charge in [0.15, 0.2) is 0 Å². The first-order valence-electron chi connectivity index (χ1n) is 6.68. The van der Waals surface area contributed by atoms with Gasteiger partial charge in [0.05, 0.1) is 5.92 Å². The molecule has 0 aliphatic heterocycles. The number of rotatable bonds is 3. The van der Waals surface area contributed by atoms with Gasteiger partial charge < -0.3 is 10.4 Å². The van der Waals surface area contributed by atoms with E-state index in [1.165, 1.54) is 6.42 Å². The summed E-state index contributed by atoms with van der Waals surface area (Å²) in [7, 11) is 0. The number of carboxylic acids is 1. The van der Waals surface area contributed by atoms with Crippen molar-refractivity contribution < 1.29 is 14.7 Å². The quantitative estimate of drug-likeness (QED) is 0.779. The molecule has 0 saturated heterocycles. The van der Waals surface area contributed by atoms with Crippen LogP contribution in [0.4, 0.5) is 0 Å². The Morgan fingerprint density at radius 1 is 1.06 bits per heavy atom. The maximum Gasteiger partial charge on any atom is 0.308 e. The molecular weight excluding hydrogens is 218 g/mol. The molecule has 0 aromatic rings. The zero-order valence-electron chi connectivity index (χ0n) is 9.89. The summed E-state index contributed by atoms with van der Waals surface area (Å²) in [5, 5.41) is 12.0. The Kier molecular flexibility index (Phi) is 2.60. The molecule has 3 saturated carbocycles. The lowest BCUT2D eigenvalue weighted by molar-refractivity contribution is -0.142. The van der Waals surface area contributed by atoms with Gasteiger partial charge in [-0.3, -0.25) is 9.59 Å². The average molecular weight is 237 g/mol. The number of aliphatic carboxylic acids is 1. The highest BCUT2D eigenvalue weighted by Crippen LogP contribution is 2.54. The zero-order chi connectivity index (χ0) is 12.0. The minimum Gasteiger partial charge on any atom is -0.481 e. The number of carbonyl (C=O) groups is 2. The molecule has 94 valence electrons. The molecule has 2 N–H and O–H groups in total. The molecule has 4 unspecified atom stereocenters. The van der Waals surface area contributed by atoms with Crippen LogP contribution in [-0.2, 0) is 9.59 Å². The Morgan fingerprint density at radius 3 is 2.41 bits per heavy atom. The fourth-order valence-corrected chi connectivity index (χ4v) is 3.66. The first-order valence-corrected chi connectivity index (χ1v) is 6.68. The number of amides is 1. The van der Waals surface area contributed by atoms with Gasteiger partial charge in [0.1, 0.15) is 0 Å². The lowest BCUT2D eigenvalue weighted by atomic mass is 9.99. The maximum atomic E-state index is 12.0. The molecule has 0 heterocycles. The van der Waals surface area contributed by atoms with Crippen LogP contribution >= 0.6 is 0 Å². The van der Waals surface area contributed by atoms with Gasteiger partial charge in [0.25, 0.3) is 0 Å². The molecule has 3 rings (SSSR count). The van der Waals surface area contributed by atoms with Gasteiger partial charge in [0.2, 0.25) is 5.91 Å². The van der Waals surface area contributed by atoms with E-state index in [1.807, 2.05) is 0 Å². The second-order valence-corrected chi connectivity index (χ2v) is 5.91. The Bertz CT molecular complexity index is 345. The van der Waals surface area contributed by atoms with Crippen molar-refractivity contribution in [3.05, 3.63) is 0 Å². The molecule has 3 aliphatic carbocycles. The predicted molar refractivity (Wildman–Crippen MR) is 61.2 cm³/mol. The van der Waals surface area contributed by atoms with Gasteiger partial charge in [-0.1, -0.05) is 6.42 Å². The van der Waals surface area contributed by atoms with E-state index < -0.39 is 5.97 Å². The molecule has 0 spiro atoms. The zero-order valence-corrected chi connectivity index (χ0v) is 9.89. The number of carbonyl (C=O) groups excluding carboxylic acids is 1. The highest BCUT2D eigenvalue weighted by atomic mass is 16.4. The van der Waals surface area contributed by atoms with Gasteiger partial charge >= 0.3 is 5.97 Å². The van der Waals surface area contributed by atoms with Crippen molar-refractivity contribution in [1.82, 2.24) is 5.32 Å². The minimum atomic E-state index is -0.762. The van der Waals surface area contributed by atoms with Crippen LogP contribution in [0.1, 0.15) is 38.5 Å². The van der Waals surface area contributed by atoms with Gasteiger partial charge in [-0.05, 0) is 43.9 Å². The number of carboxylic acid groups (broad SMARTS) is 1. The van der Waals surface area contributed by atoms with E-state index in [-0.39, 0.29) is 23.8 Å². The van der Waals surface area contributed by atoms with Gasteiger partial charge in [-0.25, -0.2) is 0 Å². The number of fused-ring (bicyclic) bond motifs is 1. The second-order valence-electron chi connectivity index (χ2n) is 5.91. The molecule has 4 nitrogen and oxygen atoms in total. The number of hydrogen-bond donors (Lipinski definition) is 2. The molecule has 0 bridgehead atoms. The second kappa shape index (κ2) is 4.00. The van der Waals surface area contributed by atoms with Crippen LogP contribution in [0.25, 0.3) is 0 Å². The molecular formula is C13H19NO3. The normalized spacial score (nSPS) is 43.2. The summed E-state index contributed by atoms with van der Waals surface area (Å²) in [5.74, 6) is 0.732. The number of nitrogens with one attached hydrogen (secondary N) is 1. The van der Waals surface area contributed by atoms with E-state index in [0.717, 1.165) is 37.5 Å². The van der Waals surface area contributed by atoms with Crippen LogP contribution in [0.3, 0.4) is 0 Å². The van der Waals surface area contributed by atoms with Gasteiger partial charge in [-0.2, -0.15) is 0 Å². The Morgan fingerprint density at radius 2 is 1.76 bits per heavy atom. The molecule has 0 radical (unpaired) electrons. The van der Waals surface area contributed by atoms with Crippen molar-refractivity contribution >= 4 is 11.9 Å². The first kappa shape index (κ1) is 11.1. The van der Waals surface area contributed by atoms with Gasteiger partial charge in [0, 0.05) is 12.0 Å². The highest BCUT2D eigenvalue weighted by Gasteiger charge is 2.48. The molecule has 3 fully saturated rings. The van der Waals surface area contributed by atoms with Gasteiger partial charge in [-0.15, -0.1) is 0 Å². The largest absolute Gasteiger partial charge is 0.481 e. The number of hydrogen-bond acceptors (Lipinski definition) is 2. The van der Waals surface area contributed by atoms with Crippen molar-refractivity contribution in [2.75, 3.05) is 0 Å². The van der Waals surface area contributed by atoms with Crippen LogP contribution < -0.4 is 5.32 Å². The first-order chi connectivity index (χ1) is 8.15. The molecule has 4 atom stereocenters. The average Bonchev–Trinajstić information content (AvgIpc) is 2.75. The van der Waals surface area contributed by atoms with Crippen molar-refractivity contribution in [3.63, 3.8) is 0 Å². The van der Waals surface area contributed by atoms with E-state index in [1.54, 1.807) is 0 Å². The maximum absolute atomic E-state index is 12.0. The Hall–Kier alpha value is -1.06. The summed E-state index contributed by atoms with van der Waals surface area (Å²) < 4.78 is 0. The van der Waals surface area contributed by atoms with Crippen LogP contribution in [0.2, 0.25) is 0 Å². The van der Waals surface area contributed by atoms with E-state index in [0.29, 0.717) is 6.42 Å². The lowest BCUT2D eigenvalue weighted by Crippen LogP contribution is -2.42. The topological polar surface area (TPSA) is 66.4 Å². The van der Waals surface area contributed by atoms with Crippen molar-refractivity contribution in [3.8, 4) is 0 Å². The summed E-state index contributed by atoms with van der Waals surface area (Å²) in [5.41, 5.74) is 0. The predicted octanol–water partition coefficient (Wildman–Crippen LogP) is 1.40. The Labute approximate surface area is 101 Å². The molecule has 17 heavy (non-hydrogen) atoms. The monoisotopic (exact) mass is 237 g/mol. The summed E-state index contributed by atoms with van der Waals surface area (Å²) in [6.45, 7) is 0. The molecule has 1 amide bonds. The van der Waals surface area contributed by atoms with Crippen LogP contribution in [0.5, 0.6) is 0 Å². The molecule has 3 aliphatic rings. The summed E-state index contributed by atoms with van der Waals surface area (Å²) in [4.78, 5) is 23.1. The van der Waals surface area contributed by atoms with Crippen LogP contribution in [-0.4, -0.2) is 23.0 Å². The summed E-state index contributed by atoms with van der Waals surface area (Å²) >= 11 is 0. The van der Waals surface area contributed by atoms with Crippen molar-refractivity contribution in [2.45, 2.75) is 44.6 Å². The lowest BCUT2D eigenvalue weighted by Gasteiger charge is -2.20. The van der Waals surface area contributed by atoms with Crippen LogP contribution in [0.15, 0.2) is 0 Å². The minimum absolute atomic E-state index is 0.107. The molecule has 4 heteroatoms. The molecule has 0 aromatic carbocycles. The fraction of sp³-hybridized carbons (Fsp3) is 0.846. The van der Waals surface area contributed by atoms with Crippen molar-refractivity contribution in [1.29, 1.82) is 0 Å². The third kappa shape index (κ3) is 2.05. The molecule has 0 aromatic heterocycles. The van der Waals surface area contributed by atoms with E-state index in [2.05, 4.69) is 5.32 Å². The van der Waals surface area contributed by atoms with Crippen molar-refractivity contribution in [2.24, 2.45) is 23.7 Å². The smallest absolute Gasteiger partial charge is 0.308 e. The highest BCUT2D eigenvalue weighted by molar-refractivity contribution is 5.81. The third-order valence-corrected chi connectivity index (χ3v) is 4.78. The Balaban J connectivity index is 1.55. The standard InChI is InChI=1S/C13H19NO3/c15-12(9-5-7-4-8(7)6-9)14-11-3-1-2-10(11)13(16)17/h7-11H,1-6H2,(H,14,15)(H,16,17). The van der Waals surface area contributed by atoms with E-state index >= 15 is 0 Å². The SMILES string of the molecule is O=C(NC1CCCC1C(=O)O)C1CC2CC2C1.